The van der Waals surface area contributed by atoms with Crippen LogP contribution >= 0.6 is 0 Å². The number of amides is 1. The second kappa shape index (κ2) is 5.43. The molecule has 92 valence electrons. The SMILES string of the molecule is CCN(CC(=O)O)C(=O)c1ccc(F)cc1C. The smallest absolute Gasteiger partial charge is 0.323 e. The summed E-state index contributed by atoms with van der Waals surface area (Å²) in [6.07, 6.45) is 0. The van der Waals surface area contributed by atoms with Crippen molar-refractivity contribution in [2.75, 3.05) is 13.1 Å². The lowest BCUT2D eigenvalue weighted by molar-refractivity contribution is -0.137. The van der Waals surface area contributed by atoms with Crippen LogP contribution in [0, 0.1) is 12.7 Å². The standard InChI is InChI=1S/C12H14FNO3/c1-3-14(7-11(15)16)12(17)10-5-4-9(13)6-8(10)2/h4-6H,3,7H2,1-2H3,(H,15,16). The molecule has 0 heterocycles. The molecule has 0 unspecified atom stereocenters. The normalized spacial score (nSPS) is 10.1. The average Bonchev–Trinajstić information content (AvgIpc) is 2.24. The van der Waals surface area contributed by atoms with Crippen LogP contribution in [0.4, 0.5) is 4.39 Å². The molecule has 1 aromatic carbocycles. The fourth-order valence-electron chi connectivity index (χ4n) is 1.53. The summed E-state index contributed by atoms with van der Waals surface area (Å²) in [6.45, 7) is 3.25. The van der Waals surface area contributed by atoms with E-state index < -0.39 is 17.7 Å². The molecule has 0 aliphatic heterocycles. The van der Waals surface area contributed by atoms with Gasteiger partial charge in [-0.05, 0) is 37.6 Å². The lowest BCUT2D eigenvalue weighted by Gasteiger charge is -2.19. The van der Waals surface area contributed by atoms with Crippen molar-refractivity contribution in [2.45, 2.75) is 13.8 Å². The lowest BCUT2D eigenvalue weighted by Crippen LogP contribution is -2.35. The van der Waals surface area contributed by atoms with Gasteiger partial charge in [-0.1, -0.05) is 0 Å². The van der Waals surface area contributed by atoms with Crippen LogP contribution in [0.5, 0.6) is 0 Å². The van der Waals surface area contributed by atoms with Crippen molar-refractivity contribution in [3.63, 3.8) is 0 Å². The number of rotatable bonds is 4. The third-order valence-corrected chi connectivity index (χ3v) is 2.41. The van der Waals surface area contributed by atoms with Gasteiger partial charge in [0.05, 0.1) is 0 Å². The van der Waals surface area contributed by atoms with Gasteiger partial charge in [0.15, 0.2) is 0 Å². The number of aliphatic carboxylic acids is 1. The molecule has 0 bridgehead atoms. The van der Waals surface area contributed by atoms with Crippen LogP contribution in [0.3, 0.4) is 0 Å². The van der Waals surface area contributed by atoms with Gasteiger partial charge >= 0.3 is 5.97 Å². The van der Waals surface area contributed by atoms with Crippen LogP contribution in [0.15, 0.2) is 18.2 Å². The van der Waals surface area contributed by atoms with Crippen molar-refractivity contribution in [2.24, 2.45) is 0 Å². The van der Waals surface area contributed by atoms with E-state index in [0.29, 0.717) is 17.7 Å². The monoisotopic (exact) mass is 239 g/mol. The molecule has 0 saturated heterocycles. The van der Waals surface area contributed by atoms with E-state index in [2.05, 4.69) is 0 Å². The maximum Gasteiger partial charge on any atom is 0.323 e. The molecule has 0 saturated carbocycles. The van der Waals surface area contributed by atoms with Gasteiger partial charge in [-0.2, -0.15) is 0 Å². The Labute approximate surface area is 98.7 Å². The number of carboxylic acids is 1. The van der Waals surface area contributed by atoms with Crippen molar-refractivity contribution < 1.29 is 19.1 Å². The number of likely N-dealkylation sites (N-methyl/N-ethyl adjacent to an activating group) is 1. The van der Waals surface area contributed by atoms with Crippen LogP contribution < -0.4 is 0 Å². The van der Waals surface area contributed by atoms with E-state index in [-0.39, 0.29) is 6.54 Å². The molecule has 5 heteroatoms. The number of aryl methyl sites for hydroxylation is 1. The Morgan fingerprint density at radius 1 is 1.41 bits per heavy atom. The third-order valence-electron chi connectivity index (χ3n) is 2.41. The zero-order chi connectivity index (χ0) is 13.0. The van der Waals surface area contributed by atoms with Crippen LogP contribution in [0.2, 0.25) is 0 Å². The number of nitrogens with zero attached hydrogens (tertiary/aromatic N) is 1. The fraction of sp³-hybridized carbons (Fsp3) is 0.333. The summed E-state index contributed by atoms with van der Waals surface area (Å²) < 4.78 is 12.9. The summed E-state index contributed by atoms with van der Waals surface area (Å²) in [5.41, 5.74) is 0.827. The third kappa shape index (κ3) is 3.27. The number of hydrogen-bond acceptors (Lipinski definition) is 2. The zero-order valence-electron chi connectivity index (χ0n) is 9.74. The van der Waals surface area contributed by atoms with E-state index in [4.69, 9.17) is 5.11 Å². The minimum absolute atomic E-state index is 0.294. The van der Waals surface area contributed by atoms with Gasteiger partial charge in [0.1, 0.15) is 12.4 Å². The highest BCUT2D eigenvalue weighted by atomic mass is 19.1. The number of carboxylic acid groups (broad SMARTS) is 1. The van der Waals surface area contributed by atoms with E-state index in [1.165, 1.54) is 23.1 Å². The molecule has 0 radical (unpaired) electrons. The van der Waals surface area contributed by atoms with Crippen molar-refractivity contribution in [3.05, 3.63) is 35.1 Å². The second-order valence-corrected chi connectivity index (χ2v) is 3.67. The average molecular weight is 239 g/mol. The van der Waals surface area contributed by atoms with Gasteiger partial charge in [-0.15, -0.1) is 0 Å². The summed E-state index contributed by atoms with van der Waals surface area (Å²) in [4.78, 5) is 23.8. The summed E-state index contributed by atoms with van der Waals surface area (Å²) in [7, 11) is 0. The molecule has 0 aliphatic carbocycles. The molecule has 1 aromatic rings. The van der Waals surface area contributed by atoms with E-state index in [1.54, 1.807) is 13.8 Å². The maximum atomic E-state index is 12.9. The predicted octanol–water partition coefficient (Wildman–Crippen LogP) is 1.68. The van der Waals surface area contributed by atoms with E-state index in [1.807, 2.05) is 0 Å². The maximum absolute atomic E-state index is 12.9. The highest BCUT2D eigenvalue weighted by Crippen LogP contribution is 2.12. The van der Waals surface area contributed by atoms with Gasteiger partial charge in [-0.3, -0.25) is 9.59 Å². The molecule has 0 atom stereocenters. The first-order valence-corrected chi connectivity index (χ1v) is 5.23. The quantitative estimate of drug-likeness (QED) is 0.869. The molecule has 4 nitrogen and oxygen atoms in total. The van der Waals surface area contributed by atoms with E-state index in [9.17, 15) is 14.0 Å². The van der Waals surface area contributed by atoms with Gasteiger partial charge in [0, 0.05) is 12.1 Å². The van der Waals surface area contributed by atoms with Crippen molar-refractivity contribution in [3.8, 4) is 0 Å². The van der Waals surface area contributed by atoms with Gasteiger partial charge in [-0.25, -0.2) is 4.39 Å². The summed E-state index contributed by atoms with van der Waals surface area (Å²) >= 11 is 0. The summed E-state index contributed by atoms with van der Waals surface area (Å²) in [5, 5.41) is 8.67. The van der Waals surface area contributed by atoms with E-state index in [0.717, 1.165) is 0 Å². The molecule has 0 aromatic heterocycles. The number of halogens is 1. The Morgan fingerprint density at radius 2 is 2.06 bits per heavy atom. The highest BCUT2D eigenvalue weighted by Gasteiger charge is 2.18. The van der Waals surface area contributed by atoms with Gasteiger partial charge in [0.2, 0.25) is 0 Å². The highest BCUT2D eigenvalue weighted by molar-refractivity contribution is 5.97. The van der Waals surface area contributed by atoms with Crippen molar-refractivity contribution >= 4 is 11.9 Å². The molecule has 0 spiro atoms. The van der Waals surface area contributed by atoms with Crippen molar-refractivity contribution in [1.82, 2.24) is 4.90 Å². The van der Waals surface area contributed by atoms with E-state index >= 15 is 0 Å². The minimum atomic E-state index is -1.07. The minimum Gasteiger partial charge on any atom is -0.480 e. The molecular formula is C12H14FNO3. The molecule has 0 aliphatic rings. The fourth-order valence-corrected chi connectivity index (χ4v) is 1.53. The topological polar surface area (TPSA) is 57.6 Å². The first kappa shape index (κ1) is 13.2. The Morgan fingerprint density at radius 3 is 2.53 bits per heavy atom. The Kier molecular flexibility index (Phi) is 4.20. The molecule has 1 N–H and O–H groups in total. The first-order chi connectivity index (χ1) is 7.95. The molecule has 1 amide bonds. The van der Waals surface area contributed by atoms with Crippen molar-refractivity contribution in [1.29, 1.82) is 0 Å². The Balaban J connectivity index is 2.97. The molecular weight excluding hydrogens is 225 g/mol. The molecule has 17 heavy (non-hydrogen) atoms. The van der Waals surface area contributed by atoms with Gasteiger partial charge in [0.25, 0.3) is 5.91 Å². The van der Waals surface area contributed by atoms with Crippen LogP contribution in [-0.4, -0.2) is 35.0 Å². The predicted molar refractivity (Wildman–Crippen MR) is 60.4 cm³/mol. The summed E-state index contributed by atoms with van der Waals surface area (Å²) in [6, 6.07) is 3.81. The van der Waals surface area contributed by atoms with Gasteiger partial charge < -0.3 is 10.0 Å². The number of benzene rings is 1. The zero-order valence-corrected chi connectivity index (χ0v) is 9.74. The second-order valence-electron chi connectivity index (χ2n) is 3.67. The lowest BCUT2D eigenvalue weighted by atomic mass is 10.1. The van der Waals surface area contributed by atoms with Crippen LogP contribution in [0.25, 0.3) is 0 Å². The number of carbonyl (C=O) groups is 2. The summed E-state index contributed by atoms with van der Waals surface area (Å²) in [5.74, 6) is -1.88. The van der Waals surface area contributed by atoms with Crippen LogP contribution in [0.1, 0.15) is 22.8 Å². The molecule has 0 fully saturated rings. The molecule has 1 rings (SSSR count). The first-order valence-electron chi connectivity index (χ1n) is 5.23. The Hall–Kier alpha value is -1.91. The largest absolute Gasteiger partial charge is 0.480 e. The Bertz CT molecular complexity index is 445. The van der Waals surface area contributed by atoms with Crippen LogP contribution in [-0.2, 0) is 4.79 Å². The number of hydrogen-bond donors (Lipinski definition) is 1. The number of carbonyl (C=O) groups excluding carboxylic acids is 1.